The summed E-state index contributed by atoms with van der Waals surface area (Å²) in [5, 5.41) is 8.98. The zero-order valence-electron chi connectivity index (χ0n) is 6.75. The fourth-order valence-corrected chi connectivity index (χ4v) is 1.27. The van der Waals surface area contributed by atoms with E-state index in [-0.39, 0.29) is 6.42 Å². The average Bonchev–Trinajstić information content (AvgIpc) is 2.08. The van der Waals surface area contributed by atoms with Gasteiger partial charge in [0.05, 0.1) is 6.42 Å². The quantitative estimate of drug-likeness (QED) is 0.731. The van der Waals surface area contributed by atoms with Crippen molar-refractivity contribution in [1.82, 2.24) is 0 Å². The van der Waals surface area contributed by atoms with E-state index < -0.39 is 5.97 Å². The number of hydrogen-bond acceptors (Lipinski definition) is 1. The minimum absolute atomic E-state index is 0.140. The average molecular weight is 195 g/mol. The first-order valence-corrected chi connectivity index (χ1v) is 3.98. The van der Waals surface area contributed by atoms with Gasteiger partial charge >= 0.3 is 5.97 Å². The molecule has 0 radical (unpaired) electrons. The lowest BCUT2D eigenvalue weighted by molar-refractivity contribution is -0.136. The summed E-state index contributed by atoms with van der Waals surface area (Å²) in [6, 6.07) is 4.99. The van der Waals surface area contributed by atoms with Gasteiger partial charge in [-0.2, -0.15) is 0 Å². The van der Waals surface area contributed by atoms with Crippen LogP contribution < -0.4 is 0 Å². The highest BCUT2D eigenvalue weighted by molar-refractivity contribution is 6.31. The lowest BCUT2D eigenvalue weighted by atomic mass is 10.1. The molecule has 0 spiro atoms. The van der Waals surface area contributed by atoms with E-state index in [9.17, 15) is 4.79 Å². The Hall–Kier alpha value is -1.46. The van der Waals surface area contributed by atoms with Crippen molar-refractivity contribution < 1.29 is 9.90 Å². The second-order valence-corrected chi connectivity index (χ2v) is 2.89. The molecular weight excluding hydrogens is 188 g/mol. The monoisotopic (exact) mass is 194 g/mol. The molecule has 13 heavy (non-hydrogen) atoms. The summed E-state index contributed by atoms with van der Waals surface area (Å²) < 4.78 is 0. The molecule has 1 aromatic rings. The van der Waals surface area contributed by atoms with Gasteiger partial charge in [-0.15, -0.1) is 6.42 Å². The third kappa shape index (κ3) is 2.24. The van der Waals surface area contributed by atoms with Gasteiger partial charge in [0.15, 0.2) is 0 Å². The van der Waals surface area contributed by atoms with Crippen LogP contribution >= 0.6 is 11.6 Å². The number of rotatable bonds is 2. The minimum Gasteiger partial charge on any atom is -0.481 e. The fraction of sp³-hybridized carbons (Fsp3) is 0.100. The van der Waals surface area contributed by atoms with E-state index >= 15 is 0 Å². The topological polar surface area (TPSA) is 37.3 Å². The highest BCUT2D eigenvalue weighted by Gasteiger charge is 2.08. The first kappa shape index (κ1) is 9.63. The maximum Gasteiger partial charge on any atom is 0.307 e. The van der Waals surface area contributed by atoms with Crippen molar-refractivity contribution in [1.29, 1.82) is 0 Å². The third-order valence-electron chi connectivity index (χ3n) is 1.60. The van der Waals surface area contributed by atoms with E-state index in [1.165, 1.54) is 0 Å². The number of carboxylic acid groups (broad SMARTS) is 1. The van der Waals surface area contributed by atoms with Gasteiger partial charge in [-0.25, -0.2) is 0 Å². The van der Waals surface area contributed by atoms with E-state index in [0.717, 1.165) is 0 Å². The van der Waals surface area contributed by atoms with Crippen LogP contribution in [0.25, 0.3) is 0 Å². The number of carboxylic acids is 1. The zero-order chi connectivity index (χ0) is 9.84. The molecule has 66 valence electrons. The van der Waals surface area contributed by atoms with Crippen molar-refractivity contribution in [2.24, 2.45) is 0 Å². The highest BCUT2D eigenvalue weighted by Crippen LogP contribution is 2.19. The van der Waals surface area contributed by atoms with Crippen LogP contribution in [0.15, 0.2) is 18.2 Å². The Morgan fingerprint density at radius 2 is 2.31 bits per heavy atom. The molecule has 3 heteroatoms. The van der Waals surface area contributed by atoms with E-state index in [0.29, 0.717) is 16.1 Å². The summed E-state index contributed by atoms with van der Waals surface area (Å²) in [7, 11) is 0. The molecule has 0 heterocycles. The summed E-state index contributed by atoms with van der Waals surface area (Å²) in [5.41, 5.74) is 1.04. The van der Waals surface area contributed by atoms with E-state index in [1.807, 2.05) is 0 Å². The molecule has 0 saturated heterocycles. The summed E-state index contributed by atoms with van der Waals surface area (Å²) in [4.78, 5) is 10.5. The Bertz CT molecular complexity index is 377. The van der Waals surface area contributed by atoms with E-state index in [1.54, 1.807) is 18.2 Å². The summed E-state index contributed by atoms with van der Waals surface area (Å²) >= 11 is 5.79. The lowest BCUT2D eigenvalue weighted by Gasteiger charge is -2.03. The van der Waals surface area contributed by atoms with Crippen molar-refractivity contribution in [2.75, 3.05) is 0 Å². The Morgan fingerprint density at radius 1 is 1.62 bits per heavy atom. The molecule has 0 unspecified atom stereocenters. The van der Waals surface area contributed by atoms with Crippen LogP contribution in [0.1, 0.15) is 11.1 Å². The summed E-state index contributed by atoms with van der Waals surface area (Å²) in [5.74, 6) is 1.45. The molecular formula is C10H7ClO2. The van der Waals surface area contributed by atoms with Crippen molar-refractivity contribution in [3.63, 3.8) is 0 Å². The van der Waals surface area contributed by atoms with Crippen molar-refractivity contribution in [3.05, 3.63) is 34.3 Å². The molecule has 0 aromatic heterocycles. The predicted molar refractivity (Wildman–Crippen MR) is 50.7 cm³/mol. The molecule has 1 rings (SSSR count). The molecule has 0 atom stereocenters. The minimum atomic E-state index is -0.940. The number of hydrogen-bond donors (Lipinski definition) is 1. The maximum absolute atomic E-state index is 10.5. The second-order valence-electron chi connectivity index (χ2n) is 2.48. The molecule has 0 aliphatic heterocycles. The molecule has 1 aromatic carbocycles. The van der Waals surface area contributed by atoms with Gasteiger partial charge < -0.3 is 5.11 Å². The van der Waals surface area contributed by atoms with E-state index in [2.05, 4.69) is 5.92 Å². The van der Waals surface area contributed by atoms with Gasteiger partial charge in [-0.3, -0.25) is 4.79 Å². The number of halogens is 1. The molecule has 0 fully saturated rings. The Kier molecular flexibility index (Phi) is 2.94. The normalized spacial score (nSPS) is 9.23. The van der Waals surface area contributed by atoms with Crippen molar-refractivity contribution in [3.8, 4) is 12.3 Å². The number of carbonyl (C=O) groups is 1. The molecule has 0 bridgehead atoms. The SMILES string of the molecule is C#Cc1cccc(Cl)c1CC(=O)O. The number of aliphatic carboxylic acids is 1. The Labute approximate surface area is 81.1 Å². The van der Waals surface area contributed by atoms with Gasteiger partial charge in [0.1, 0.15) is 0 Å². The fourth-order valence-electron chi connectivity index (χ4n) is 1.02. The lowest BCUT2D eigenvalue weighted by Crippen LogP contribution is -2.02. The van der Waals surface area contributed by atoms with Gasteiger partial charge in [0.25, 0.3) is 0 Å². The number of terminal acetylenes is 1. The van der Waals surface area contributed by atoms with Crippen LogP contribution in [0.5, 0.6) is 0 Å². The van der Waals surface area contributed by atoms with Gasteiger partial charge in [-0.05, 0) is 17.7 Å². The maximum atomic E-state index is 10.5. The molecule has 1 N–H and O–H groups in total. The zero-order valence-corrected chi connectivity index (χ0v) is 7.51. The second kappa shape index (κ2) is 3.97. The van der Waals surface area contributed by atoms with Crippen molar-refractivity contribution in [2.45, 2.75) is 6.42 Å². The van der Waals surface area contributed by atoms with Gasteiger partial charge in [0, 0.05) is 10.6 Å². The summed E-state index contributed by atoms with van der Waals surface area (Å²) in [6.45, 7) is 0. The standard InChI is InChI=1S/C10H7ClO2/c1-2-7-4-3-5-9(11)8(7)6-10(12)13/h1,3-5H,6H2,(H,12,13). The first-order chi connectivity index (χ1) is 6.15. The predicted octanol–water partition coefficient (Wildman–Crippen LogP) is 1.95. The third-order valence-corrected chi connectivity index (χ3v) is 1.96. The van der Waals surface area contributed by atoms with Crippen LogP contribution in [0.3, 0.4) is 0 Å². The largest absolute Gasteiger partial charge is 0.481 e. The van der Waals surface area contributed by atoms with Crippen LogP contribution in [0.2, 0.25) is 5.02 Å². The van der Waals surface area contributed by atoms with Crippen LogP contribution in [-0.4, -0.2) is 11.1 Å². The van der Waals surface area contributed by atoms with Crippen LogP contribution in [-0.2, 0) is 11.2 Å². The molecule has 0 amide bonds. The summed E-state index contributed by atoms with van der Waals surface area (Å²) in [6.07, 6.45) is 5.05. The van der Waals surface area contributed by atoms with E-state index in [4.69, 9.17) is 23.1 Å². The Balaban J connectivity index is 3.17. The Morgan fingerprint density at radius 3 is 2.85 bits per heavy atom. The van der Waals surface area contributed by atoms with Gasteiger partial charge in [0.2, 0.25) is 0 Å². The van der Waals surface area contributed by atoms with Gasteiger partial charge in [-0.1, -0.05) is 23.6 Å². The molecule has 0 aliphatic carbocycles. The molecule has 2 nitrogen and oxygen atoms in total. The van der Waals surface area contributed by atoms with Crippen LogP contribution in [0.4, 0.5) is 0 Å². The smallest absolute Gasteiger partial charge is 0.307 e. The highest BCUT2D eigenvalue weighted by atomic mass is 35.5. The molecule has 0 aliphatic rings. The van der Waals surface area contributed by atoms with Crippen LogP contribution in [0, 0.1) is 12.3 Å². The van der Waals surface area contributed by atoms with Crippen molar-refractivity contribution >= 4 is 17.6 Å². The first-order valence-electron chi connectivity index (χ1n) is 3.61. The molecule has 0 saturated carbocycles. The number of benzene rings is 1.